The first-order valence-corrected chi connectivity index (χ1v) is 5.32. The fourth-order valence-electron chi connectivity index (χ4n) is 0.895. The van der Waals surface area contributed by atoms with Crippen LogP contribution in [-0.4, -0.2) is 43.6 Å². The quantitative estimate of drug-likeness (QED) is 0.389. The molecule has 0 spiro atoms. The van der Waals surface area contributed by atoms with Crippen molar-refractivity contribution < 1.29 is 0 Å². The average Bonchev–Trinajstić information content (AvgIpc) is 2.14. The molecule has 0 saturated carbocycles. The second kappa shape index (κ2) is 7.29. The molecular weight excluding hydrogens is 188 g/mol. The Bertz CT molecular complexity index is 221. The van der Waals surface area contributed by atoms with Gasteiger partial charge in [-0.2, -0.15) is 0 Å². The van der Waals surface area contributed by atoms with Crippen LogP contribution in [0.4, 0.5) is 0 Å². The Morgan fingerprint density at radius 2 is 2.13 bits per heavy atom. The highest BCUT2D eigenvalue weighted by Crippen LogP contribution is 1.90. The molecule has 4 heteroatoms. The van der Waals surface area contributed by atoms with Crippen LogP contribution in [0.5, 0.6) is 0 Å². The number of likely N-dealkylation sites (N-methyl/N-ethyl adjacent to an activating group) is 1. The highest BCUT2D eigenvalue weighted by molar-refractivity contribution is 5.77. The maximum absolute atomic E-state index is 5.66. The fraction of sp³-hybridized carbons (Fsp3) is 0.727. The van der Waals surface area contributed by atoms with Gasteiger partial charge in [0.15, 0.2) is 5.96 Å². The first-order valence-electron chi connectivity index (χ1n) is 5.32. The van der Waals surface area contributed by atoms with Crippen LogP contribution in [0.15, 0.2) is 17.1 Å². The molecule has 88 valence electrons. The summed E-state index contributed by atoms with van der Waals surface area (Å²) in [6.45, 7) is 12.4. The first-order chi connectivity index (χ1) is 6.93. The third-order valence-electron chi connectivity index (χ3n) is 2.17. The number of aliphatic imine (C=N–C) groups is 1. The van der Waals surface area contributed by atoms with Crippen LogP contribution in [0.3, 0.4) is 0 Å². The van der Waals surface area contributed by atoms with Crippen LogP contribution in [0, 0.1) is 0 Å². The number of hydrogen-bond acceptors (Lipinski definition) is 2. The summed E-state index contributed by atoms with van der Waals surface area (Å²) >= 11 is 0. The lowest BCUT2D eigenvalue weighted by molar-refractivity contribution is 0.278. The molecule has 0 saturated heterocycles. The van der Waals surface area contributed by atoms with Crippen LogP contribution in [0.25, 0.3) is 0 Å². The summed E-state index contributed by atoms with van der Waals surface area (Å²) in [6, 6.07) is 0.556. The van der Waals surface area contributed by atoms with Crippen molar-refractivity contribution in [1.29, 1.82) is 0 Å². The first kappa shape index (κ1) is 14.0. The van der Waals surface area contributed by atoms with Crippen molar-refractivity contribution in [3.8, 4) is 0 Å². The minimum atomic E-state index is 0.496. The molecule has 0 bridgehead atoms. The molecule has 0 amide bonds. The molecule has 15 heavy (non-hydrogen) atoms. The standard InChI is InChI=1S/C11H24N4/c1-9(2)8-14-11(12)13-6-7-15(5)10(3)4/h10H,1,6-8H2,2-5H3,(H3,12,13,14). The van der Waals surface area contributed by atoms with Gasteiger partial charge in [-0.15, -0.1) is 0 Å². The van der Waals surface area contributed by atoms with E-state index in [1.807, 2.05) is 6.92 Å². The van der Waals surface area contributed by atoms with Crippen molar-refractivity contribution >= 4 is 5.96 Å². The predicted octanol–water partition coefficient (Wildman–Crippen LogP) is 0.807. The summed E-state index contributed by atoms with van der Waals surface area (Å²) in [5.41, 5.74) is 6.68. The van der Waals surface area contributed by atoms with Gasteiger partial charge in [-0.1, -0.05) is 12.2 Å². The highest BCUT2D eigenvalue weighted by atomic mass is 15.2. The molecule has 3 N–H and O–H groups in total. The van der Waals surface area contributed by atoms with E-state index >= 15 is 0 Å². The summed E-state index contributed by atoms with van der Waals surface area (Å²) in [4.78, 5) is 6.38. The Hall–Kier alpha value is -1.03. The van der Waals surface area contributed by atoms with Crippen molar-refractivity contribution in [2.75, 3.05) is 26.7 Å². The number of hydrogen-bond donors (Lipinski definition) is 2. The second-order valence-corrected chi connectivity index (χ2v) is 4.16. The number of nitrogens with one attached hydrogen (secondary N) is 1. The van der Waals surface area contributed by atoms with Crippen molar-refractivity contribution in [2.45, 2.75) is 26.8 Å². The van der Waals surface area contributed by atoms with E-state index in [1.54, 1.807) is 0 Å². The Kier molecular flexibility index (Phi) is 6.79. The molecule has 0 aromatic heterocycles. The van der Waals surface area contributed by atoms with Gasteiger partial charge in [-0.05, 0) is 27.8 Å². The van der Waals surface area contributed by atoms with E-state index in [-0.39, 0.29) is 0 Å². The monoisotopic (exact) mass is 212 g/mol. The average molecular weight is 212 g/mol. The lowest BCUT2D eigenvalue weighted by Gasteiger charge is -2.20. The summed E-state index contributed by atoms with van der Waals surface area (Å²) < 4.78 is 0. The van der Waals surface area contributed by atoms with E-state index in [0.717, 1.165) is 18.7 Å². The van der Waals surface area contributed by atoms with Gasteiger partial charge in [0.05, 0.1) is 6.54 Å². The maximum atomic E-state index is 5.66. The van der Waals surface area contributed by atoms with Gasteiger partial charge < -0.3 is 16.0 Å². The Balaban J connectivity index is 3.67. The van der Waals surface area contributed by atoms with Crippen molar-refractivity contribution in [2.24, 2.45) is 10.7 Å². The lowest BCUT2D eigenvalue weighted by Crippen LogP contribution is -2.39. The van der Waals surface area contributed by atoms with Crippen LogP contribution in [0.2, 0.25) is 0 Å². The normalized spacial score (nSPS) is 12.3. The van der Waals surface area contributed by atoms with Crippen LogP contribution in [0.1, 0.15) is 20.8 Å². The van der Waals surface area contributed by atoms with E-state index in [4.69, 9.17) is 5.73 Å². The van der Waals surface area contributed by atoms with Crippen LogP contribution < -0.4 is 11.1 Å². The lowest BCUT2D eigenvalue weighted by atomic mass is 10.3. The van der Waals surface area contributed by atoms with Gasteiger partial charge in [0.2, 0.25) is 0 Å². The van der Waals surface area contributed by atoms with Gasteiger partial charge in [0, 0.05) is 19.1 Å². The molecule has 0 aliphatic carbocycles. The topological polar surface area (TPSA) is 53.6 Å². The van der Waals surface area contributed by atoms with Gasteiger partial charge in [0.25, 0.3) is 0 Å². The van der Waals surface area contributed by atoms with E-state index in [2.05, 4.69) is 42.7 Å². The molecule has 0 atom stereocenters. The van der Waals surface area contributed by atoms with Crippen molar-refractivity contribution in [1.82, 2.24) is 10.2 Å². The molecule has 0 heterocycles. The Morgan fingerprint density at radius 1 is 1.53 bits per heavy atom. The molecule has 0 aliphatic rings. The van der Waals surface area contributed by atoms with Gasteiger partial charge in [-0.25, -0.2) is 4.99 Å². The zero-order valence-electron chi connectivity index (χ0n) is 10.4. The third-order valence-corrected chi connectivity index (χ3v) is 2.17. The van der Waals surface area contributed by atoms with Crippen LogP contribution >= 0.6 is 0 Å². The molecule has 0 aromatic carbocycles. The number of guanidine groups is 1. The third kappa shape index (κ3) is 8.00. The molecule has 0 rings (SSSR count). The molecule has 0 radical (unpaired) electrons. The highest BCUT2D eigenvalue weighted by Gasteiger charge is 2.01. The summed E-state index contributed by atoms with van der Waals surface area (Å²) in [5, 5.41) is 3.07. The zero-order valence-corrected chi connectivity index (χ0v) is 10.4. The molecule has 4 nitrogen and oxygen atoms in total. The molecule has 0 fully saturated rings. The van der Waals surface area contributed by atoms with E-state index in [0.29, 0.717) is 18.5 Å². The smallest absolute Gasteiger partial charge is 0.188 e. The molecule has 0 unspecified atom stereocenters. The van der Waals surface area contributed by atoms with E-state index in [1.165, 1.54) is 0 Å². The molecule has 0 aliphatic heterocycles. The SMILES string of the molecule is C=C(C)CN=C(N)NCCN(C)C(C)C. The summed E-state index contributed by atoms with van der Waals surface area (Å²) in [7, 11) is 2.09. The molecular formula is C11H24N4. The molecule has 0 aromatic rings. The fourth-order valence-corrected chi connectivity index (χ4v) is 0.895. The van der Waals surface area contributed by atoms with Crippen LogP contribution in [-0.2, 0) is 0 Å². The summed E-state index contributed by atoms with van der Waals surface area (Å²) in [6.07, 6.45) is 0. The number of rotatable bonds is 6. The van der Waals surface area contributed by atoms with Gasteiger partial charge in [-0.3, -0.25) is 0 Å². The van der Waals surface area contributed by atoms with Crippen molar-refractivity contribution in [3.63, 3.8) is 0 Å². The van der Waals surface area contributed by atoms with Crippen molar-refractivity contribution in [3.05, 3.63) is 12.2 Å². The number of nitrogens with two attached hydrogens (primary N) is 1. The van der Waals surface area contributed by atoms with E-state index < -0.39 is 0 Å². The predicted molar refractivity (Wildman–Crippen MR) is 67.1 cm³/mol. The largest absolute Gasteiger partial charge is 0.370 e. The summed E-state index contributed by atoms with van der Waals surface area (Å²) in [5.74, 6) is 0.496. The van der Waals surface area contributed by atoms with Gasteiger partial charge in [0.1, 0.15) is 0 Å². The van der Waals surface area contributed by atoms with E-state index in [9.17, 15) is 0 Å². The number of nitrogens with zero attached hydrogens (tertiary/aromatic N) is 2. The minimum absolute atomic E-state index is 0.496. The Labute approximate surface area is 93.2 Å². The van der Waals surface area contributed by atoms with Gasteiger partial charge >= 0.3 is 0 Å². The second-order valence-electron chi connectivity index (χ2n) is 4.16. The zero-order chi connectivity index (χ0) is 11.8. The Morgan fingerprint density at radius 3 is 2.60 bits per heavy atom. The minimum Gasteiger partial charge on any atom is -0.370 e. The maximum Gasteiger partial charge on any atom is 0.188 e.